The molecule has 3 rings (SSSR count). The molecule has 3 heteroatoms. The Bertz CT molecular complexity index is 580. The first kappa shape index (κ1) is 12.5. The second-order valence-corrected chi connectivity index (χ2v) is 5.96. The lowest BCUT2D eigenvalue weighted by Gasteiger charge is -2.26. The van der Waals surface area contributed by atoms with Crippen LogP contribution in [0, 0.1) is 0 Å². The summed E-state index contributed by atoms with van der Waals surface area (Å²) in [6.45, 7) is 0. The fraction of sp³-hybridized carbons (Fsp3) is 0.250. The minimum absolute atomic E-state index is 0.310. The summed E-state index contributed by atoms with van der Waals surface area (Å²) in [7, 11) is 0. The zero-order valence-corrected chi connectivity index (χ0v) is 12.2. The molecular formula is C16H16BrNO. The predicted molar refractivity (Wildman–Crippen MR) is 81.7 cm³/mol. The van der Waals surface area contributed by atoms with Crippen LogP contribution < -0.4 is 5.32 Å². The Morgan fingerprint density at radius 2 is 1.84 bits per heavy atom. The maximum absolute atomic E-state index is 9.29. The highest BCUT2D eigenvalue weighted by Crippen LogP contribution is 2.26. The van der Waals surface area contributed by atoms with Gasteiger partial charge < -0.3 is 10.4 Å². The van der Waals surface area contributed by atoms with E-state index in [-0.39, 0.29) is 0 Å². The van der Waals surface area contributed by atoms with Crippen LogP contribution in [0.1, 0.15) is 17.5 Å². The molecule has 0 spiro atoms. The van der Waals surface area contributed by atoms with Crippen LogP contribution in [0.5, 0.6) is 5.75 Å². The van der Waals surface area contributed by atoms with Gasteiger partial charge in [-0.05, 0) is 66.8 Å². The Morgan fingerprint density at radius 3 is 2.63 bits per heavy atom. The molecule has 2 nitrogen and oxygen atoms in total. The Hall–Kier alpha value is -1.48. The van der Waals surface area contributed by atoms with Gasteiger partial charge in [-0.3, -0.25) is 0 Å². The monoisotopic (exact) mass is 317 g/mol. The molecule has 0 radical (unpaired) electrons. The van der Waals surface area contributed by atoms with E-state index < -0.39 is 0 Å². The molecule has 0 bridgehead atoms. The number of hydrogen-bond donors (Lipinski definition) is 2. The van der Waals surface area contributed by atoms with E-state index in [1.54, 1.807) is 12.1 Å². The highest BCUT2D eigenvalue weighted by molar-refractivity contribution is 9.10. The maximum atomic E-state index is 9.29. The largest absolute Gasteiger partial charge is 0.508 e. The summed E-state index contributed by atoms with van der Waals surface area (Å²) in [4.78, 5) is 0. The molecule has 0 aromatic heterocycles. The molecule has 0 fully saturated rings. The highest BCUT2D eigenvalue weighted by Gasteiger charge is 2.18. The number of fused-ring (bicyclic) bond motifs is 1. The molecule has 1 atom stereocenters. The van der Waals surface area contributed by atoms with Gasteiger partial charge in [-0.1, -0.05) is 22.0 Å². The van der Waals surface area contributed by atoms with E-state index >= 15 is 0 Å². The van der Waals surface area contributed by atoms with Gasteiger partial charge in [-0.15, -0.1) is 0 Å². The van der Waals surface area contributed by atoms with Crippen LogP contribution >= 0.6 is 15.9 Å². The van der Waals surface area contributed by atoms with Gasteiger partial charge >= 0.3 is 0 Å². The topological polar surface area (TPSA) is 32.3 Å². The number of nitrogens with one attached hydrogen (secondary N) is 1. The quantitative estimate of drug-likeness (QED) is 0.816. The number of phenols is 1. The van der Waals surface area contributed by atoms with Crippen molar-refractivity contribution < 1.29 is 5.11 Å². The summed E-state index contributed by atoms with van der Waals surface area (Å²) in [5, 5.41) is 12.8. The van der Waals surface area contributed by atoms with Gasteiger partial charge in [0.15, 0.2) is 0 Å². The van der Waals surface area contributed by atoms with Gasteiger partial charge in [-0.2, -0.15) is 0 Å². The molecule has 2 N–H and O–H groups in total. The van der Waals surface area contributed by atoms with Crippen LogP contribution in [-0.4, -0.2) is 11.1 Å². The number of aryl methyl sites for hydroxylation is 1. The molecule has 2 aromatic carbocycles. The van der Waals surface area contributed by atoms with Crippen molar-refractivity contribution in [2.24, 2.45) is 0 Å². The lowest BCUT2D eigenvalue weighted by Crippen LogP contribution is -2.27. The fourth-order valence-corrected chi connectivity index (χ4v) is 3.05. The van der Waals surface area contributed by atoms with E-state index in [1.807, 2.05) is 12.1 Å². The minimum atomic E-state index is 0.310. The number of rotatable bonds is 2. The van der Waals surface area contributed by atoms with Gasteiger partial charge in [0.05, 0.1) is 0 Å². The van der Waals surface area contributed by atoms with Crippen molar-refractivity contribution >= 4 is 21.6 Å². The van der Waals surface area contributed by atoms with Crippen molar-refractivity contribution in [3.05, 3.63) is 58.1 Å². The van der Waals surface area contributed by atoms with Crippen LogP contribution in [0.25, 0.3) is 0 Å². The molecule has 2 aromatic rings. The normalized spacial score (nSPS) is 17.8. The van der Waals surface area contributed by atoms with E-state index in [0.29, 0.717) is 11.8 Å². The van der Waals surface area contributed by atoms with Gasteiger partial charge in [0.1, 0.15) is 5.75 Å². The van der Waals surface area contributed by atoms with Crippen LogP contribution in [0.15, 0.2) is 46.9 Å². The van der Waals surface area contributed by atoms with Crippen LogP contribution in [-0.2, 0) is 12.8 Å². The average molecular weight is 318 g/mol. The van der Waals surface area contributed by atoms with E-state index in [1.165, 1.54) is 11.1 Å². The third-order valence-corrected chi connectivity index (χ3v) is 4.13. The molecule has 0 aliphatic heterocycles. The molecule has 19 heavy (non-hydrogen) atoms. The summed E-state index contributed by atoms with van der Waals surface area (Å²) in [6, 6.07) is 14.3. The Balaban J connectivity index is 1.72. The van der Waals surface area contributed by atoms with Gasteiger partial charge in [0.25, 0.3) is 0 Å². The average Bonchev–Trinajstić information content (AvgIpc) is 2.42. The number of hydrogen-bond acceptors (Lipinski definition) is 2. The first-order valence-electron chi connectivity index (χ1n) is 6.53. The van der Waals surface area contributed by atoms with E-state index in [2.05, 4.69) is 39.4 Å². The highest BCUT2D eigenvalue weighted by atomic mass is 79.9. The number of phenolic OH excluding ortho intramolecular Hbond substituents is 1. The zero-order chi connectivity index (χ0) is 13.2. The van der Waals surface area contributed by atoms with Crippen LogP contribution in [0.4, 0.5) is 5.69 Å². The van der Waals surface area contributed by atoms with Crippen molar-refractivity contribution in [1.29, 1.82) is 0 Å². The van der Waals surface area contributed by atoms with Crippen molar-refractivity contribution in [3.8, 4) is 5.75 Å². The molecular weight excluding hydrogens is 302 g/mol. The smallest absolute Gasteiger partial charge is 0.115 e. The van der Waals surface area contributed by atoms with E-state index in [0.717, 1.165) is 29.4 Å². The van der Waals surface area contributed by atoms with Gasteiger partial charge in [0, 0.05) is 16.2 Å². The summed E-state index contributed by atoms with van der Waals surface area (Å²) in [5.41, 5.74) is 3.97. The molecule has 98 valence electrons. The zero-order valence-electron chi connectivity index (χ0n) is 10.6. The SMILES string of the molecule is Oc1ccc(NC2CCc3cc(Br)ccc3C2)cc1. The van der Waals surface area contributed by atoms with E-state index in [9.17, 15) is 5.11 Å². The van der Waals surface area contributed by atoms with Crippen LogP contribution in [0.3, 0.4) is 0 Å². The molecule has 1 aliphatic carbocycles. The Labute approximate surface area is 121 Å². The number of anilines is 1. The number of benzene rings is 2. The second kappa shape index (κ2) is 5.25. The third kappa shape index (κ3) is 2.92. The molecule has 1 unspecified atom stereocenters. The van der Waals surface area contributed by atoms with Gasteiger partial charge in [0.2, 0.25) is 0 Å². The summed E-state index contributed by atoms with van der Waals surface area (Å²) in [5.74, 6) is 0.310. The van der Waals surface area contributed by atoms with Crippen molar-refractivity contribution in [2.75, 3.05) is 5.32 Å². The molecule has 1 aliphatic rings. The summed E-state index contributed by atoms with van der Waals surface area (Å²) >= 11 is 3.53. The Kier molecular flexibility index (Phi) is 3.47. The van der Waals surface area contributed by atoms with Gasteiger partial charge in [-0.25, -0.2) is 0 Å². The lowest BCUT2D eigenvalue weighted by molar-refractivity contribution is 0.475. The van der Waals surface area contributed by atoms with Crippen molar-refractivity contribution in [3.63, 3.8) is 0 Å². The fourth-order valence-electron chi connectivity index (χ4n) is 2.64. The first-order chi connectivity index (χ1) is 9.20. The molecule has 0 saturated heterocycles. The second-order valence-electron chi connectivity index (χ2n) is 5.04. The van der Waals surface area contributed by atoms with Crippen molar-refractivity contribution in [2.45, 2.75) is 25.3 Å². The van der Waals surface area contributed by atoms with Crippen molar-refractivity contribution in [1.82, 2.24) is 0 Å². The maximum Gasteiger partial charge on any atom is 0.115 e. The van der Waals surface area contributed by atoms with E-state index in [4.69, 9.17) is 0 Å². The Morgan fingerprint density at radius 1 is 1.05 bits per heavy atom. The lowest BCUT2D eigenvalue weighted by atomic mass is 9.88. The van der Waals surface area contributed by atoms with Crippen LogP contribution in [0.2, 0.25) is 0 Å². The predicted octanol–water partition coefficient (Wildman–Crippen LogP) is 4.12. The summed E-state index contributed by atoms with van der Waals surface area (Å²) in [6.07, 6.45) is 3.32. The molecule has 0 saturated carbocycles. The minimum Gasteiger partial charge on any atom is -0.508 e. The third-order valence-electron chi connectivity index (χ3n) is 3.63. The standard InChI is InChI=1S/C16H16BrNO/c17-13-3-1-12-10-15(4-2-11(12)9-13)18-14-5-7-16(19)8-6-14/h1,3,5-9,15,18-19H,2,4,10H2. The number of halogens is 1. The molecule has 0 heterocycles. The summed E-state index contributed by atoms with van der Waals surface area (Å²) < 4.78 is 1.16. The first-order valence-corrected chi connectivity index (χ1v) is 7.33. The molecule has 0 amide bonds. The number of aromatic hydroxyl groups is 1.